The molecular formula is C27H23BrIN3O4. The molecule has 36 heavy (non-hydrogen) atoms. The van der Waals surface area contributed by atoms with Crippen LogP contribution >= 0.6 is 38.5 Å². The zero-order valence-electron chi connectivity index (χ0n) is 19.4. The summed E-state index contributed by atoms with van der Waals surface area (Å²) in [5.74, 6) is -0.583. The number of anilines is 1. The van der Waals surface area contributed by atoms with Crippen molar-refractivity contribution < 1.29 is 14.3 Å². The third-order valence-electron chi connectivity index (χ3n) is 5.55. The van der Waals surface area contributed by atoms with E-state index in [1.165, 1.54) is 4.57 Å². The number of hydrogen-bond acceptors (Lipinski definition) is 5. The number of nitrogens with one attached hydrogen (secondary N) is 1. The van der Waals surface area contributed by atoms with Gasteiger partial charge in [-0.3, -0.25) is 14.2 Å². The monoisotopic (exact) mass is 659 g/mol. The van der Waals surface area contributed by atoms with E-state index in [0.29, 0.717) is 26.6 Å². The number of nitrogens with zero attached hydrogens (tertiary/aromatic N) is 2. The number of esters is 1. The topological polar surface area (TPSA) is 90.3 Å². The standard InChI is InChI=1S/C27H23BrIN3O4/c1-2-36-27(35)18-12-13-19(15-29)22(14-18)31-25(33)23(28)24-30-21-11-7-6-10-20(21)26(34)32(24)16-17-8-4-3-5-9-17/h3-14,23H,2,15-16H2,1H3,(H,31,33). The lowest BCUT2D eigenvalue weighted by molar-refractivity contribution is -0.115. The summed E-state index contributed by atoms with van der Waals surface area (Å²) >= 11 is 5.68. The maximum Gasteiger partial charge on any atom is 0.338 e. The van der Waals surface area contributed by atoms with Crippen LogP contribution in [-0.2, 0) is 20.5 Å². The first-order valence-electron chi connectivity index (χ1n) is 11.3. The van der Waals surface area contributed by atoms with Gasteiger partial charge in [0.1, 0.15) is 5.82 Å². The minimum atomic E-state index is -0.924. The molecule has 1 atom stereocenters. The Balaban J connectivity index is 1.73. The van der Waals surface area contributed by atoms with Gasteiger partial charge in [-0.2, -0.15) is 0 Å². The first-order valence-corrected chi connectivity index (χ1v) is 13.7. The number of para-hydroxylation sites is 1. The predicted octanol–water partition coefficient (Wildman–Crippen LogP) is 5.63. The molecule has 0 spiro atoms. The lowest BCUT2D eigenvalue weighted by Gasteiger charge is -2.18. The van der Waals surface area contributed by atoms with Gasteiger partial charge in [0.05, 0.1) is 29.6 Å². The minimum absolute atomic E-state index is 0.228. The van der Waals surface area contributed by atoms with Gasteiger partial charge < -0.3 is 10.1 Å². The Morgan fingerprint density at radius 1 is 1.08 bits per heavy atom. The van der Waals surface area contributed by atoms with Gasteiger partial charge in [-0.1, -0.05) is 87.1 Å². The second-order valence-corrected chi connectivity index (χ2v) is 9.62. The largest absolute Gasteiger partial charge is 0.462 e. The molecule has 3 aromatic carbocycles. The lowest BCUT2D eigenvalue weighted by Crippen LogP contribution is -2.30. The lowest BCUT2D eigenvalue weighted by atomic mass is 10.1. The summed E-state index contributed by atoms with van der Waals surface area (Å²) in [7, 11) is 0. The van der Waals surface area contributed by atoms with Crippen LogP contribution in [0, 0.1) is 0 Å². The van der Waals surface area contributed by atoms with Crippen molar-refractivity contribution in [2.24, 2.45) is 0 Å². The fraction of sp³-hybridized carbons (Fsp3) is 0.185. The molecule has 4 rings (SSSR count). The van der Waals surface area contributed by atoms with Crippen LogP contribution in [0.4, 0.5) is 5.69 Å². The highest BCUT2D eigenvalue weighted by Gasteiger charge is 2.25. The number of carbonyl (C=O) groups excluding carboxylic acids is 2. The molecular weight excluding hydrogens is 637 g/mol. The third-order valence-corrected chi connectivity index (χ3v) is 7.20. The highest BCUT2D eigenvalue weighted by atomic mass is 127. The summed E-state index contributed by atoms with van der Waals surface area (Å²) in [6, 6.07) is 21.7. The van der Waals surface area contributed by atoms with Crippen LogP contribution in [0.2, 0.25) is 0 Å². The van der Waals surface area contributed by atoms with Gasteiger partial charge in [0.15, 0.2) is 4.83 Å². The van der Waals surface area contributed by atoms with Gasteiger partial charge in [-0.25, -0.2) is 9.78 Å². The molecule has 0 aliphatic heterocycles. The average Bonchev–Trinajstić information content (AvgIpc) is 2.90. The van der Waals surface area contributed by atoms with Crippen molar-refractivity contribution in [2.75, 3.05) is 11.9 Å². The number of ether oxygens (including phenoxy) is 1. The molecule has 0 fully saturated rings. The number of alkyl halides is 2. The number of fused-ring (bicyclic) bond motifs is 1. The SMILES string of the molecule is CCOC(=O)c1ccc(CI)c(NC(=O)C(Br)c2nc3ccccc3c(=O)n2Cc2ccccc2)c1. The van der Waals surface area contributed by atoms with E-state index in [1.807, 2.05) is 30.3 Å². The molecule has 7 nitrogen and oxygen atoms in total. The smallest absolute Gasteiger partial charge is 0.338 e. The van der Waals surface area contributed by atoms with Crippen molar-refractivity contribution in [1.29, 1.82) is 0 Å². The molecule has 1 unspecified atom stereocenters. The molecule has 0 saturated carbocycles. The van der Waals surface area contributed by atoms with E-state index in [9.17, 15) is 14.4 Å². The van der Waals surface area contributed by atoms with Crippen LogP contribution in [0.25, 0.3) is 10.9 Å². The van der Waals surface area contributed by atoms with E-state index in [1.54, 1.807) is 49.4 Å². The summed E-state index contributed by atoms with van der Waals surface area (Å²) in [5, 5.41) is 3.38. The number of amides is 1. The second-order valence-electron chi connectivity index (χ2n) is 7.94. The van der Waals surface area contributed by atoms with E-state index in [0.717, 1.165) is 11.1 Å². The number of carbonyl (C=O) groups is 2. The predicted molar refractivity (Wildman–Crippen MR) is 152 cm³/mol. The van der Waals surface area contributed by atoms with Gasteiger partial charge in [0, 0.05) is 10.1 Å². The molecule has 1 heterocycles. The fourth-order valence-corrected chi connectivity index (χ4v) is 4.89. The maximum absolute atomic E-state index is 13.4. The van der Waals surface area contributed by atoms with Crippen LogP contribution < -0.4 is 10.9 Å². The molecule has 184 valence electrons. The number of hydrogen-bond donors (Lipinski definition) is 1. The van der Waals surface area contributed by atoms with Crippen molar-refractivity contribution in [3.05, 3.63) is 106 Å². The van der Waals surface area contributed by atoms with Gasteiger partial charge in [0.2, 0.25) is 5.91 Å². The third kappa shape index (κ3) is 5.67. The van der Waals surface area contributed by atoms with Gasteiger partial charge in [0.25, 0.3) is 5.56 Å². The molecule has 0 aliphatic carbocycles. The van der Waals surface area contributed by atoms with Gasteiger partial charge in [-0.15, -0.1) is 0 Å². The molecule has 0 aliphatic rings. The second kappa shape index (κ2) is 11.8. The van der Waals surface area contributed by atoms with Crippen molar-refractivity contribution in [2.45, 2.75) is 22.7 Å². The highest BCUT2D eigenvalue weighted by molar-refractivity contribution is 14.1. The Kier molecular flexibility index (Phi) is 8.52. The van der Waals surface area contributed by atoms with Crippen molar-refractivity contribution in [1.82, 2.24) is 9.55 Å². The average molecular weight is 660 g/mol. The Bertz CT molecular complexity index is 1470. The molecule has 0 saturated heterocycles. The van der Waals surface area contributed by atoms with E-state index in [-0.39, 0.29) is 24.5 Å². The number of halogens is 2. The molecule has 4 aromatic rings. The molecule has 0 radical (unpaired) electrons. The zero-order chi connectivity index (χ0) is 25.7. The molecule has 1 N–H and O–H groups in total. The fourth-order valence-electron chi connectivity index (χ4n) is 3.76. The Hall–Kier alpha value is -3.05. The molecule has 1 aromatic heterocycles. The molecule has 0 bridgehead atoms. The highest BCUT2D eigenvalue weighted by Crippen LogP contribution is 2.27. The summed E-state index contributed by atoms with van der Waals surface area (Å²) in [6.07, 6.45) is 0. The first kappa shape index (κ1) is 26.0. The van der Waals surface area contributed by atoms with E-state index in [2.05, 4.69) is 48.8 Å². The maximum atomic E-state index is 13.4. The number of rotatable bonds is 8. The van der Waals surface area contributed by atoms with Crippen LogP contribution in [0.5, 0.6) is 0 Å². The van der Waals surface area contributed by atoms with Crippen molar-refractivity contribution in [3.8, 4) is 0 Å². The van der Waals surface area contributed by atoms with Crippen LogP contribution in [0.1, 0.15) is 39.1 Å². The van der Waals surface area contributed by atoms with Crippen molar-refractivity contribution >= 4 is 67.0 Å². The van der Waals surface area contributed by atoms with E-state index < -0.39 is 16.7 Å². The van der Waals surface area contributed by atoms with Crippen LogP contribution in [0.15, 0.2) is 77.6 Å². The van der Waals surface area contributed by atoms with Gasteiger partial charge >= 0.3 is 5.97 Å². The summed E-state index contributed by atoms with van der Waals surface area (Å²) in [4.78, 5) is 42.8. The van der Waals surface area contributed by atoms with E-state index in [4.69, 9.17) is 4.74 Å². The zero-order valence-corrected chi connectivity index (χ0v) is 23.2. The quantitative estimate of drug-likeness (QED) is 0.150. The summed E-state index contributed by atoms with van der Waals surface area (Å²) in [5.41, 5.74) is 2.89. The summed E-state index contributed by atoms with van der Waals surface area (Å²) < 4.78 is 7.23. The van der Waals surface area contributed by atoms with Crippen LogP contribution in [0.3, 0.4) is 0 Å². The molecule has 1 amide bonds. The number of benzene rings is 3. The first-order chi connectivity index (χ1) is 17.4. The normalized spacial score (nSPS) is 11.8. The Morgan fingerprint density at radius 2 is 1.81 bits per heavy atom. The van der Waals surface area contributed by atoms with E-state index >= 15 is 0 Å². The molecule has 9 heteroatoms. The summed E-state index contributed by atoms with van der Waals surface area (Å²) in [6.45, 7) is 2.25. The minimum Gasteiger partial charge on any atom is -0.462 e. The van der Waals surface area contributed by atoms with Gasteiger partial charge in [-0.05, 0) is 42.3 Å². The van der Waals surface area contributed by atoms with Crippen LogP contribution in [-0.4, -0.2) is 28.0 Å². The van der Waals surface area contributed by atoms with Crippen molar-refractivity contribution in [3.63, 3.8) is 0 Å². The number of aromatic nitrogens is 2. The Labute approximate surface area is 230 Å². The Morgan fingerprint density at radius 3 is 2.53 bits per heavy atom.